The Morgan fingerprint density at radius 2 is 1.64 bits per heavy atom. The van der Waals surface area contributed by atoms with Crippen LogP contribution in [0.5, 0.6) is 0 Å². The zero-order valence-corrected chi connectivity index (χ0v) is 18.8. The van der Waals surface area contributed by atoms with Crippen molar-refractivity contribution in [1.82, 2.24) is 14.8 Å². The molecule has 28 heavy (non-hydrogen) atoms. The molecule has 0 atom stereocenters. The first-order chi connectivity index (χ1) is 13.4. The van der Waals surface area contributed by atoms with Gasteiger partial charge in [-0.2, -0.15) is 5.10 Å². The molecule has 0 fully saturated rings. The number of nitrogens with zero attached hydrogens (tertiary/aromatic N) is 3. The molecular formula is C20H14Cl3N3S2. The van der Waals surface area contributed by atoms with E-state index >= 15 is 0 Å². The average molecular weight is 467 g/mol. The van der Waals surface area contributed by atoms with Crippen LogP contribution in [0.1, 0.15) is 11.4 Å². The molecule has 0 amide bonds. The number of aromatic nitrogens is 3. The molecule has 4 rings (SSSR count). The summed E-state index contributed by atoms with van der Waals surface area (Å²) in [4.78, 5) is 5.94. The number of hydrogen-bond acceptors (Lipinski definition) is 4. The van der Waals surface area contributed by atoms with Crippen molar-refractivity contribution >= 4 is 57.9 Å². The number of halogens is 3. The van der Waals surface area contributed by atoms with Gasteiger partial charge in [-0.05, 0) is 62.4 Å². The fraction of sp³-hybridized carbons (Fsp3) is 0.100. The van der Waals surface area contributed by atoms with Gasteiger partial charge < -0.3 is 0 Å². The molecule has 2 aromatic carbocycles. The molecule has 0 aliphatic carbocycles. The summed E-state index contributed by atoms with van der Waals surface area (Å²) in [5.74, 6) is 0. The second kappa shape index (κ2) is 8.09. The lowest BCUT2D eigenvalue weighted by atomic mass is 10.2. The Bertz CT molecular complexity index is 1150. The molecule has 0 aliphatic heterocycles. The molecule has 0 saturated carbocycles. The van der Waals surface area contributed by atoms with Gasteiger partial charge in [-0.15, -0.1) is 0 Å². The second-order valence-electron chi connectivity index (χ2n) is 6.15. The smallest absolute Gasteiger partial charge is 0.212 e. The Hall–Kier alpha value is -1.50. The molecule has 0 spiro atoms. The van der Waals surface area contributed by atoms with Crippen molar-refractivity contribution in [3.63, 3.8) is 0 Å². The summed E-state index contributed by atoms with van der Waals surface area (Å²) in [6.07, 6.45) is 0. The predicted molar refractivity (Wildman–Crippen MR) is 120 cm³/mol. The van der Waals surface area contributed by atoms with Crippen LogP contribution in [0, 0.1) is 13.8 Å². The Balaban J connectivity index is 1.84. The third-order valence-corrected chi connectivity index (χ3v) is 7.00. The summed E-state index contributed by atoms with van der Waals surface area (Å²) in [7, 11) is 0. The van der Waals surface area contributed by atoms with Gasteiger partial charge in [0, 0.05) is 26.2 Å². The normalized spacial score (nSPS) is 11.2. The summed E-state index contributed by atoms with van der Waals surface area (Å²) >= 11 is 21.8. The van der Waals surface area contributed by atoms with Crippen LogP contribution in [0.2, 0.25) is 15.1 Å². The van der Waals surface area contributed by atoms with Gasteiger partial charge in [0.1, 0.15) is 0 Å². The van der Waals surface area contributed by atoms with Crippen molar-refractivity contribution in [3.05, 3.63) is 75.0 Å². The van der Waals surface area contributed by atoms with Gasteiger partial charge in [0.2, 0.25) is 5.13 Å². The highest BCUT2D eigenvalue weighted by molar-refractivity contribution is 8.01. The maximum Gasteiger partial charge on any atom is 0.212 e. The van der Waals surface area contributed by atoms with Crippen molar-refractivity contribution in [3.8, 4) is 16.4 Å². The van der Waals surface area contributed by atoms with Crippen LogP contribution < -0.4 is 0 Å². The Morgan fingerprint density at radius 3 is 2.29 bits per heavy atom. The van der Waals surface area contributed by atoms with Gasteiger partial charge in [0.05, 0.1) is 20.6 Å². The zero-order chi connectivity index (χ0) is 19.8. The van der Waals surface area contributed by atoms with E-state index in [0.717, 1.165) is 36.9 Å². The van der Waals surface area contributed by atoms with E-state index in [9.17, 15) is 0 Å². The standard InChI is InChI=1S/C20H14Cl3N3S2/c1-11-9-12(2)26(25-11)20-24-18(16-8-5-14(22)10-17(16)23)19(28-20)27-15-6-3-13(21)4-7-15/h3-10H,1-2H3. The topological polar surface area (TPSA) is 30.7 Å². The van der Waals surface area contributed by atoms with E-state index in [-0.39, 0.29) is 0 Å². The minimum Gasteiger partial charge on any atom is -0.217 e. The largest absolute Gasteiger partial charge is 0.217 e. The quantitative estimate of drug-likeness (QED) is 0.308. The molecule has 142 valence electrons. The van der Waals surface area contributed by atoms with E-state index < -0.39 is 0 Å². The van der Waals surface area contributed by atoms with E-state index in [2.05, 4.69) is 5.10 Å². The molecule has 0 radical (unpaired) electrons. The van der Waals surface area contributed by atoms with Crippen molar-refractivity contribution in [2.45, 2.75) is 23.0 Å². The monoisotopic (exact) mass is 465 g/mol. The first-order valence-electron chi connectivity index (χ1n) is 8.34. The maximum absolute atomic E-state index is 6.48. The van der Waals surface area contributed by atoms with Gasteiger partial charge in [-0.1, -0.05) is 57.9 Å². The third kappa shape index (κ3) is 4.09. The average Bonchev–Trinajstić information content (AvgIpc) is 3.19. The summed E-state index contributed by atoms with van der Waals surface area (Å²) in [5, 5.41) is 7.23. The molecule has 3 nitrogen and oxygen atoms in total. The van der Waals surface area contributed by atoms with E-state index in [1.165, 1.54) is 0 Å². The zero-order valence-electron chi connectivity index (χ0n) is 14.9. The first kappa shape index (κ1) is 19.8. The first-order valence-corrected chi connectivity index (χ1v) is 11.1. The lowest BCUT2D eigenvalue weighted by molar-refractivity contribution is 0.826. The van der Waals surface area contributed by atoms with Crippen LogP contribution in [-0.2, 0) is 0 Å². The number of aryl methyl sites for hydroxylation is 2. The van der Waals surface area contributed by atoms with Crippen LogP contribution in [-0.4, -0.2) is 14.8 Å². The van der Waals surface area contributed by atoms with E-state index in [1.54, 1.807) is 29.2 Å². The molecule has 8 heteroatoms. The number of rotatable bonds is 4. The molecule has 0 aliphatic rings. The fourth-order valence-electron chi connectivity index (χ4n) is 2.74. The van der Waals surface area contributed by atoms with E-state index in [1.807, 2.05) is 61.0 Å². The lowest BCUT2D eigenvalue weighted by Gasteiger charge is -2.05. The Labute approximate surface area is 186 Å². The number of thiazole rings is 1. The van der Waals surface area contributed by atoms with Gasteiger partial charge >= 0.3 is 0 Å². The third-order valence-electron chi connectivity index (χ3n) is 3.99. The molecule has 0 unspecified atom stereocenters. The second-order valence-corrected chi connectivity index (χ2v) is 9.75. The molecule has 0 saturated heterocycles. The molecular weight excluding hydrogens is 453 g/mol. The number of hydrogen-bond donors (Lipinski definition) is 0. The Kier molecular flexibility index (Phi) is 5.72. The van der Waals surface area contributed by atoms with Crippen LogP contribution >= 0.6 is 57.9 Å². The minimum atomic E-state index is 0.565. The van der Waals surface area contributed by atoms with Crippen LogP contribution in [0.4, 0.5) is 0 Å². The Morgan fingerprint density at radius 1 is 0.929 bits per heavy atom. The molecule has 0 N–H and O–H groups in total. The van der Waals surface area contributed by atoms with Crippen molar-refractivity contribution in [2.75, 3.05) is 0 Å². The molecule has 2 heterocycles. The van der Waals surface area contributed by atoms with Gasteiger partial charge in [-0.25, -0.2) is 9.67 Å². The van der Waals surface area contributed by atoms with Gasteiger partial charge in [-0.3, -0.25) is 0 Å². The minimum absolute atomic E-state index is 0.565. The van der Waals surface area contributed by atoms with E-state index in [0.29, 0.717) is 15.1 Å². The highest BCUT2D eigenvalue weighted by atomic mass is 35.5. The van der Waals surface area contributed by atoms with E-state index in [4.69, 9.17) is 39.8 Å². The molecule has 4 aromatic rings. The summed E-state index contributed by atoms with van der Waals surface area (Å²) in [6, 6.07) is 15.2. The molecule has 0 bridgehead atoms. The lowest BCUT2D eigenvalue weighted by Crippen LogP contribution is -1.98. The van der Waals surface area contributed by atoms with Crippen molar-refractivity contribution in [2.24, 2.45) is 0 Å². The number of benzene rings is 2. The summed E-state index contributed by atoms with van der Waals surface area (Å²) in [6.45, 7) is 3.99. The fourth-order valence-corrected chi connectivity index (χ4v) is 5.61. The van der Waals surface area contributed by atoms with Crippen LogP contribution in [0.25, 0.3) is 16.4 Å². The summed E-state index contributed by atoms with van der Waals surface area (Å²) < 4.78 is 2.88. The highest BCUT2D eigenvalue weighted by Crippen LogP contribution is 2.43. The van der Waals surface area contributed by atoms with Gasteiger partial charge in [0.25, 0.3) is 0 Å². The molecule has 2 aromatic heterocycles. The predicted octanol–water partition coefficient (Wildman–Crippen LogP) is 7.72. The SMILES string of the molecule is Cc1cc(C)n(-c2nc(-c3ccc(Cl)cc3Cl)c(Sc3ccc(Cl)cc3)s2)n1. The van der Waals surface area contributed by atoms with Crippen molar-refractivity contribution < 1.29 is 0 Å². The van der Waals surface area contributed by atoms with Crippen LogP contribution in [0.3, 0.4) is 0 Å². The van der Waals surface area contributed by atoms with Crippen molar-refractivity contribution in [1.29, 1.82) is 0 Å². The van der Waals surface area contributed by atoms with Crippen LogP contribution in [0.15, 0.2) is 57.6 Å². The highest BCUT2D eigenvalue weighted by Gasteiger charge is 2.19. The van der Waals surface area contributed by atoms with Gasteiger partial charge in [0.15, 0.2) is 0 Å². The summed E-state index contributed by atoms with van der Waals surface area (Å²) in [5.41, 5.74) is 3.63. The maximum atomic E-state index is 6.48.